The van der Waals surface area contributed by atoms with Gasteiger partial charge in [0.2, 0.25) is 0 Å². The molecule has 3 atom stereocenters. The minimum Gasteiger partial charge on any atom is -0.246 e. The number of hydrogen-bond acceptors (Lipinski definition) is 11. The van der Waals surface area contributed by atoms with E-state index in [2.05, 4.69) is 37.0 Å². The zero-order valence-corrected chi connectivity index (χ0v) is 29.4. The molecule has 1 aliphatic rings. The molecule has 250 valence electrons. The van der Waals surface area contributed by atoms with E-state index in [1.807, 2.05) is 80.0 Å². The first-order valence-corrected chi connectivity index (χ1v) is 18.6. The summed E-state index contributed by atoms with van der Waals surface area (Å²) in [4.78, 5) is 18.7. The van der Waals surface area contributed by atoms with Crippen molar-refractivity contribution >= 4 is 32.9 Å². The second-order valence-corrected chi connectivity index (χ2v) is 14.5. The Morgan fingerprint density at radius 2 is 1.75 bits per heavy atom. The number of rotatable bonds is 14. The SMILES string of the molecule is CCC(C)n1ncn(-c2ccc(NCCNc3ccc(O[I-][C@@H]4CO[C@@](Cn5nccn5)(c5ccc6ncsc6c5)O4)cc3)cc2)c1=O. The van der Waals surface area contributed by atoms with Crippen molar-refractivity contribution in [3.8, 4) is 11.4 Å². The van der Waals surface area contributed by atoms with E-state index in [0.29, 0.717) is 13.2 Å². The number of nitrogens with zero attached hydrogens (tertiary/aromatic N) is 7. The number of benzene rings is 3. The number of alkyl halides is 1. The molecule has 7 rings (SSSR count). The Bertz CT molecular complexity index is 2000. The van der Waals surface area contributed by atoms with Crippen LogP contribution in [0.2, 0.25) is 0 Å². The molecule has 0 saturated carbocycles. The molecule has 3 aromatic carbocycles. The van der Waals surface area contributed by atoms with Gasteiger partial charge in [-0.2, -0.15) is 5.10 Å². The van der Waals surface area contributed by atoms with Crippen LogP contribution < -0.4 is 41.0 Å². The molecule has 1 aliphatic heterocycles. The molecule has 0 bridgehead atoms. The number of halogens is 1. The summed E-state index contributed by atoms with van der Waals surface area (Å²) >= 11 is 0.751. The molecule has 0 amide bonds. The fourth-order valence-electron chi connectivity index (χ4n) is 5.30. The average molecular weight is 781 g/mol. The normalized spacial score (nSPS) is 18.3. The van der Waals surface area contributed by atoms with Gasteiger partial charge in [-0.05, 0) is 13.3 Å². The van der Waals surface area contributed by atoms with Crippen LogP contribution in [0.4, 0.5) is 11.4 Å². The van der Waals surface area contributed by atoms with Crippen LogP contribution in [-0.4, -0.2) is 58.1 Å². The first kappa shape index (κ1) is 32.2. The van der Waals surface area contributed by atoms with E-state index in [0.717, 1.165) is 58.1 Å². The fourth-order valence-corrected chi connectivity index (χ4v) is 7.72. The number of anilines is 2. The van der Waals surface area contributed by atoms with Crippen molar-refractivity contribution in [2.75, 3.05) is 30.3 Å². The van der Waals surface area contributed by atoms with Crippen LogP contribution in [0.1, 0.15) is 31.9 Å². The molecule has 1 saturated heterocycles. The quantitative estimate of drug-likeness (QED) is 0.0962. The first-order chi connectivity index (χ1) is 23.5. The topological polar surface area (TPSA) is 135 Å². The van der Waals surface area contributed by atoms with E-state index in [9.17, 15) is 4.79 Å². The Morgan fingerprint density at radius 3 is 2.48 bits per heavy atom. The average Bonchev–Trinajstić information content (AvgIpc) is 3.94. The summed E-state index contributed by atoms with van der Waals surface area (Å²) < 4.78 is 23.1. The van der Waals surface area contributed by atoms with Gasteiger partial charge in [-0.15, -0.1) is 0 Å². The number of aromatic nitrogens is 7. The van der Waals surface area contributed by atoms with E-state index in [1.54, 1.807) is 39.4 Å². The summed E-state index contributed by atoms with van der Waals surface area (Å²) in [6, 6.07) is 21.8. The van der Waals surface area contributed by atoms with Gasteiger partial charge in [0.25, 0.3) is 0 Å². The Hall–Kier alpha value is -4.32. The van der Waals surface area contributed by atoms with Crippen LogP contribution in [0.3, 0.4) is 0 Å². The molecule has 0 aliphatic carbocycles. The van der Waals surface area contributed by atoms with Crippen molar-refractivity contribution < 1.29 is 34.2 Å². The first-order valence-electron chi connectivity index (χ1n) is 15.6. The van der Waals surface area contributed by atoms with Gasteiger partial charge < -0.3 is 0 Å². The summed E-state index contributed by atoms with van der Waals surface area (Å²) in [5, 5.41) is 19.7. The minimum atomic E-state index is -1.01. The predicted octanol–water partition coefficient (Wildman–Crippen LogP) is 2.04. The third kappa shape index (κ3) is 7.08. The second-order valence-electron chi connectivity index (χ2n) is 11.3. The molecule has 0 radical (unpaired) electrons. The van der Waals surface area contributed by atoms with E-state index in [1.165, 1.54) is 4.68 Å². The van der Waals surface area contributed by atoms with Crippen LogP contribution >= 0.6 is 11.3 Å². The predicted molar refractivity (Wildman–Crippen MR) is 179 cm³/mol. The molecule has 0 spiro atoms. The van der Waals surface area contributed by atoms with E-state index in [-0.39, 0.29) is 15.8 Å². The summed E-state index contributed by atoms with van der Waals surface area (Å²) in [5.41, 5.74) is 6.33. The molecule has 1 fully saturated rings. The van der Waals surface area contributed by atoms with Gasteiger partial charge in [0.15, 0.2) is 0 Å². The third-order valence-corrected chi connectivity index (χ3v) is 10.8. The van der Waals surface area contributed by atoms with Gasteiger partial charge in [-0.25, -0.2) is 14.0 Å². The van der Waals surface area contributed by atoms with Crippen LogP contribution in [0, 0.1) is 0 Å². The monoisotopic (exact) mass is 780 g/mol. The van der Waals surface area contributed by atoms with Gasteiger partial charge in [-0.3, -0.25) is 0 Å². The van der Waals surface area contributed by atoms with Crippen LogP contribution in [0.15, 0.2) is 95.8 Å². The molecule has 48 heavy (non-hydrogen) atoms. The molecule has 15 heteroatoms. The molecule has 3 aromatic heterocycles. The molecule has 1 unspecified atom stereocenters. The summed E-state index contributed by atoms with van der Waals surface area (Å²) in [7, 11) is 0. The Balaban J connectivity index is 0.883. The third-order valence-electron chi connectivity index (χ3n) is 8.07. The standard InChI is InChI=1S/C33H35IN9O4S/c1-3-23(2)43-32(44)41(21-40-43)27-9-5-25(6-10-27)35-14-15-36-26-7-11-28(12-8-26)47-34-31-19-45-33(46-31,20-42-38-16-17-39-42)24-4-13-29-30(18-24)48-22-37-29/h4-13,16-18,21-23,31,35-36H,3,14-15,19-20H2,1-2H3/q-1/t23?,31-,33+/m0/s1. The van der Waals surface area contributed by atoms with Crippen molar-refractivity contribution in [1.82, 2.24) is 34.3 Å². The van der Waals surface area contributed by atoms with E-state index < -0.39 is 27.4 Å². The van der Waals surface area contributed by atoms with Crippen molar-refractivity contribution in [3.05, 3.63) is 107 Å². The molecule has 4 heterocycles. The second kappa shape index (κ2) is 14.4. The van der Waals surface area contributed by atoms with Crippen molar-refractivity contribution in [2.24, 2.45) is 0 Å². The van der Waals surface area contributed by atoms with Crippen molar-refractivity contribution in [2.45, 2.75) is 42.8 Å². The summed E-state index contributed by atoms with van der Waals surface area (Å²) in [6.45, 7) is 6.23. The maximum absolute atomic E-state index is 12.7. The maximum atomic E-state index is 12.7. The fraction of sp³-hybridized carbons (Fsp3) is 0.303. The van der Waals surface area contributed by atoms with Crippen molar-refractivity contribution in [1.29, 1.82) is 0 Å². The number of ether oxygens (including phenoxy) is 2. The Kier molecular flexibility index (Phi) is 9.69. The van der Waals surface area contributed by atoms with Gasteiger partial charge in [0.05, 0.1) is 11.7 Å². The number of nitrogens with one attached hydrogen (secondary N) is 2. The van der Waals surface area contributed by atoms with Crippen LogP contribution in [0.5, 0.6) is 5.75 Å². The molecule has 13 nitrogen and oxygen atoms in total. The van der Waals surface area contributed by atoms with Crippen molar-refractivity contribution in [3.63, 3.8) is 0 Å². The smallest absolute Gasteiger partial charge is 0.246 e. The minimum absolute atomic E-state index is 0.0637. The molecular formula is C33H35IN9O4S-. The number of fused-ring (bicyclic) bond motifs is 1. The molecule has 2 N–H and O–H groups in total. The van der Waals surface area contributed by atoms with Gasteiger partial charge >= 0.3 is 235 Å². The van der Waals surface area contributed by atoms with E-state index in [4.69, 9.17) is 12.5 Å². The van der Waals surface area contributed by atoms with Gasteiger partial charge in [0, 0.05) is 0 Å². The zero-order valence-electron chi connectivity index (χ0n) is 26.4. The molecule has 6 aromatic rings. The van der Waals surface area contributed by atoms with Crippen LogP contribution in [-0.2, 0) is 21.8 Å². The number of hydrogen-bond donors (Lipinski definition) is 2. The van der Waals surface area contributed by atoms with Gasteiger partial charge in [-0.1, -0.05) is 6.92 Å². The Labute approximate surface area is 291 Å². The summed E-state index contributed by atoms with van der Waals surface area (Å²) in [6.07, 6.45) is 5.72. The van der Waals surface area contributed by atoms with Crippen LogP contribution in [0.25, 0.3) is 15.9 Å². The molecular weight excluding hydrogens is 745 g/mol. The Morgan fingerprint density at radius 1 is 1.02 bits per heavy atom. The zero-order chi connectivity index (χ0) is 32.9. The summed E-state index contributed by atoms with van der Waals surface area (Å²) in [5.74, 6) is -0.215. The number of thiazole rings is 1. The van der Waals surface area contributed by atoms with E-state index >= 15 is 0 Å². The van der Waals surface area contributed by atoms with Gasteiger partial charge in [0.1, 0.15) is 6.33 Å².